The highest BCUT2D eigenvalue weighted by molar-refractivity contribution is 8.18. The monoisotopic (exact) mass is 407 g/mol. The molecule has 28 heavy (non-hydrogen) atoms. The van der Waals surface area contributed by atoms with Gasteiger partial charge in [0.05, 0.1) is 10.5 Å². The second-order valence-electron chi connectivity index (χ2n) is 6.72. The van der Waals surface area contributed by atoms with Crippen molar-refractivity contribution in [3.8, 4) is 12.3 Å². The number of likely N-dealkylation sites (tertiary alicyclic amines) is 1. The average molecular weight is 407 g/mol. The maximum Gasteiger partial charge on any atom is 0.416 e. The van der Waals surface area contributed by atoms with Crippen molar-refractivity contribution >= 4 is 22.8 Å². The number of nitrogens with one attached hydrogen (secondary N) is 1. The quantitative estimate of drug-likeness (QED) is 0.758. The van der Waals surface area contributed by atoms with E-state index in [4.69, 9.17) is 6.42 Å². The van der Waals surface area contributed by atoms with Crippen molar-refractivity contribution in [3.05, 3.63) is 46.4 Å². The van der Waals surface area contributed by atoms with Crippen molar-refractivity contribution in [1.29, 1.82) is 0 Å². The maximum absolute atomic E-state index is 12.6. The molecule has 0 atom stereocenters. The number of piperidine rings is 1. The molecule has 1 N–H and O–H groups in total. The molecule has 0 unspecified atom stereocenters. The minimum absolute atomic E-state index is 0.151. The number of benzene rings is 1. The second-order valence-corrected chi connectivity index (χ2v) is 7.74. The second kappa shape index (κ2) is 8.84. The van der Waals surface area contributed by atoms with Crippen LogP contribution in [-0.4, -0.2) is 35.6 Å². The number of nitrogens with zero attached hydrogens (tertiary/aromatic N) is 2. The van der Waals surface area contributed by atoms with Crippen LogP contribution in [0.3, 0.4) is 0 Å². The molecule has 1 amide bonds. The Hall–Kier alpha value is -2.24. The standard InChI is InChI=1S/C20H20F3N3OS/c1-2-9-24-18-17(28-19(27)25-18)12-14-7-10-26(11-8-14)13-15-3-5-16(6-4-15)20(21,22)23/h1,3-6,12,14H,7-11,13H2,(H,24,25,27). The van der Waals surface area contributed by atoms with Crippen LogP contribution in [-0.2, 0) is 12.7 Å². The number of alkyl halides is 3. The zero-order valence-electron chi connectivity index (χ0n) is 15.1. The van der Waals surface area contributed by atoms with Crippen LogP contribution in [0.15, 0.2) is 40.2 Å². The van der Waals surface area contributed by atoms with E-state index in [-0.39, 0.29) is 11.8 Å². The largest absolute Gasteiger partial charge is 0.416 e. The summed E-state index contributed by atoms with van der Waals surface area (Å²) in [7, 11) is 0. The van der Waals surface area contributed by atoms with E-state index >= 15 is 0 Å². The number of rotatable bonds is 4. The lowest BCUT2D eigenvalue weighted by atomic mass is 9.95. The highest BCUT2D eigenvalue weighted by Gasteiger charge is 2.30. The van der Waals surface area contributed by atoms with Gasteiger partial charge in [-0.1, -0.05) is 24.1 Å². The number of amidine groups is 1. The number of amides is 1. The molecule has 1 aromatic rings. The first kappa shape index (κ1) is 20.5. The third kappa shape index (κ3) is 5.40. The summed E-state index contributed by atoms with van der Waals surface area (Å²) in [5, 5.41) is 2.55. The molecule has 148 valence electrons. The third-order valence-electron chi connectivity index (χ3n) is 4.69. The Bertz CT molecular complexity index is 817. The van der Waals surface area contributed by atoms with Gasteiger partial charge >= 0.3 is 6.18 Å². The first-order chi connectivity index (χ1) is 13.3. The molecule has 2 aliphatic heterocycles. The lowest BCUT2D eigenvalue weighted by Gasteiger charge is -2.30. The Morgan fingerprint density at radius 1 is 1.29 bits per heavy atom. The fourth-order valence-electron chi connectivity index (χ4n) is 3.24. The van der Waals surface area contributed by atoms with Crippen LogP contribution in [0.5, 0.6) is 0 Å². The molecular formula is C20H20F3N3OS. The van der Waals surface area contributed by atoms with Gasteiger partial charge in [-0.05, 0) is 61.3 Å². The normalized spacial score (nSPS) is 21.9. The van der Waals surface area contributed by atoms with Gasteiger partial charge in [-0.2, -0.15) is 13.2 Å². The van der Waals surface area contributed by atoms with E-state index in [0.717, 1.165) is 60.3 Å². The topological polar surface area (TPSA) is 44.7 Å². The SMILES string of the molecule is C#CCN=C1NC(=O)SC1=CC1CCN(Cc2ccc(C(F)(F)F)cc2)CC1. The van der Waals surface area contributed by atoms with Gasteiger partial charge in [0, 0.05) is 6.54 Å². The Morgan fingerprint density at radius 3 is 2.57 bits per heavy atom. The first-order valence-corrected chi connectivity index (χ1v) is 9.74. The lowest BCUT2D eigenvalue weighted by molar-refractivity contribution is -0.137. The number of halogens is 3. The van der Waals surface area contributed by atoms with Crippen LogP contribution in [0.1, 0.15) is 24.0 Å². The molecule has 2 saturated heterocycles. The summed E-state index contributed by atoms with van der Waals surface area (Å²) in [6.07, 6.45) is 4.83. The van der Waals surface area contributed by atoms with Crippen molar-refractivity contribution in [1.82, 2.24) is 10.2 Å². The molecule has 1 aromatic carbocycles. The van der Waals surface area contributed by atoms with E-state index in [9.17, 15) is 18.0 Å². The van der Waals surface area contributed by atoms with Gasteiger partial charge in [0.15, 0.2) is 0 Å². The molecule has 0 bridgehead atoms. The number of carbonyl (C=O) groups excluding carboxylic acids is 1. The highest BCUT2D eigenvalue weighted by Crippen LogP contribution is 2.31. The fraction of sp³-hybridized carbons (Fsp3) is 0.400. The summed E-state index contributed by atoms with van der Waals surface area (Å²) in [6, 6.07) is 5.34. The van der Waals surface area contributed by atoms with Crippen LogP contribution in [0.25, 0.3) is 0 Å². The van der Waals surface area contributed by atoms with Gasteiger partial charge in [0.1, 0.15) is 12.4 Å². The van der Waals surface area contributed by atoms with E-state index in [1.54, 1.807) is 0 Å². The van der Waals surface area contributed by atoms with Crippen molar-refractivity contribution < 1.29 is 18.0 Å². The van der Waals surface area contributed by atoms with Crippen LogP contribution < -0.4 is 5.32 Å². The molecule has 2 fully saturated rings. The lowest BCUT2D eigenvalue weighted by Crippen LogP contribution is -2.32. The van der Waals surface area contributed by atoms with E-state index in [1.165, 1.54) is 12.1 Å². The number of terminal acetylenes is 1. The van der Waals surface area contributed by atoms with Crippen LogP contribution in [0, 0.1) is 18.3 Å². The number of hydrogen-bond donors (Lipinski definition) is 1. The molecule has 2 aliphatic rings. The number of carbonyl (C=O) groups is 1. The van der Waals surface area contributed by atoms with Crippen molar-refractivity contribution in [2.45, 2.75) is 25.6 Å². The van der Waals surface area contributed by atoms with Crippen LogP contribution in [0.2, 0.25) is 0 Å². The Kier molecular flexibility index (Phi) is 6.47. The number of allylic oxidation sites excluding steroid dienone is 1. The van der Waals surface area contributed by atoms with Gasteiger partial charge in [0.25, 0.3) is 5.24 Å². The molecule has 8 heteroatoms. The molecular weight excluding hydrogens is 387 g/mol. The van der Waals surface area contributed by atoms with Crippen LogP contribution in [0.4, 0.5) is 18.0 Å². The average Bonchev–Trinajstić information content (AvgIpc) is 3.00. The number of thioether (sulfide) groups is 1. The Labute approximate surface area is 166 Å². The zero-order valence-corrected chi connectivity index (χ0v) is 15.9. The summed E-state index contributed by atoms with van der Waals surface area (Å²) in [6.45, 7) is 2.54. The fourth-order valence-corrected chi connectivity index (χ4v) is 4.06. The van der Waals surface area contributed by atoms with Crippen LogP contribution >= 0.6 is 11.8 Å². The summed E-state index contributed by atoms with van der Waals surface area (Å²) >= 11 is 1.13. The van der Waals surface area contributed by atoms with Crippen molar-refractivity contribution in [3.63, 3.8) is 0 Å². The predicted molar refractivity (Wildman–Crippen MR) is 105 cm³/mol. The van der Waals surface area contributed by atoms with E-state index in [2.05, 4.69) is 27.2 Å². The van der Waals surface area contributed by atoms with Crippen molar-refractivity contribution in [2.24, 2.45) is 10.9 Å². The summed E-state index contributed by atoms with van der Waals surface area (Å²) in [5.74, 6) is 3.30. The molecule has 0 saturated carbocycles. The van der Waals surface area contributed by atoms with Gasteiger partial charge in [0.2, 0.25) is 0 Å². The maximum atomic E-state index is 12.6. The first-order valence-electron chi connectivity index (χ1n) is 8.92. The third-order valence-corrected chi connectivity index (χ3v) is 5.53. The van der Waals surface area contributed by atoms with Gasteiger partial charge in [-0.25, -0.2) is 0 Å². The minimum Gasteiger partial charge on any atom is -0.300 e. The molecule has 0 aliphatic carbocycles. The Morgan fingerprint density at radius 2 is 1.96 bits per heavy atom. The highest BCUT2D eigenvalue weighted by atomic mass is 32.2. The molecule has 4 nitrogen and oxygen atoms in total. The van der Waals surface area contributed by atoms with Gasteiger partial charge in [-0.3, -0.25) is 14.7 Å². The predicted octanol–water partition coefficient (Wildman–Crippen LogP) is 4.29. The molecule has 2 heterocycles. The smallest absolute Gasteiger partial charge is 0.300 e. The van der Waals surface area contributed by atoms with E-state index in [0.29, 0.717) is 18.3 Å². The van der Waals surface area contributed by atoms with Gasteiger partial charge in [-0.15, -0.1) is 6.42 Å². The van der Waals surface area contributed by atoms with E-state index < -0.39 is 11.7 Å². The molecule has 0 radical (unpaired) electrons. The molecule has 0 aromatic heterocycles. The summed E-state index contributed by atoms with van der Waals surface area (Å²) in [4.78, 5) is 18.9. The summed E-state index contributed by atoms with van der Waals surface area (Å²) in [5.41, 5.74) is 0.246. The summed E-state index contributed by atoms with van der Waals surface area (Å²) < 4.78 is 37.9. The number of hydrogen-bond acceptors (Lipinski definition) is 4. The van der Waals surface area contributed by atoms with Crippen molar-refractivity contribution in [2.75, 3.05) is 19.6 Å². The molecule has 3 rings (SSSR count). The van der Waals surface area contributed by atoms with Gasteiger partial charge < -0.3 is 5.32 Å². The number of aliphatic imine (C=N–C) groups is 1. The van der Waals surface area contributed by atoms with E-state index in [1.807, 2.05) is 0 Å². The Balaban J connectivity index is 1.54. The minimum atomic E-state index is -4.30. The zero-order chi connectivity index (χ0) is 20.1. The molecule has 0 spiro atoms.